The van der Waals surface area contributed by atoms with Crippen molar-refractivity contribution in [3.05, 3.63) is 64.4 Å². The summed E-state index contributed by atoms with van der Waals surface area (Å²) in [6, 6.07) is 12.4. The molecule has 140 valence electrons. The molecule has 0 aliphatic rings. The Bertz CT molecular complexity index is 721. The molecule has 0 radical (unpaired) electrons. The van der Waals surface area contributed by atoms with Gasteiger partial charge in [-0.25, -0.2) is 4.39 Å². The predicted molar refractivity (Wildman–Crippen MR) is 106 cm³/mol. The minimum atomic E-state index is -0.575. The Morgan fingerprint density at radius 1 is 1.27 bits per heavy atom. The number of para-hydroxylation sites is 1. The van der Waals surface area contributed by atoms with Gasteiger partial charge in [0.05, 0.1) is 0 Å². The van der Waals surface area contributed by atoms with Crippen molar-refractivity contribution >= 4 is 29.3 Å². The molecule has 26 heavy (non-hydrogen) atoms. The highest BCUT2D eigenvalue weighted by Gasteiger charge is 2.15. The van der Waals surface area contributed by atoms with E-state index in [4.69, 9.17) is 16.3 Å². The van der Waals surface area contributed by atoms with Gasteiger partial charge < -0.3 is 10.1 Å². The standard InChI is InChI=1S/C20H23ClFNO2S/c1-3-15-7-4-5-10-19(15)25-14(2)20(24)23-11-12-26-13-16-17(21)8-6-9-18(16)22/h4-10,14H,3,11-13H2,1-2H3,(H,23,24)/t14-/m1/s1. The molecule has 0 fully saturated rings. The zero-order chi connectivity index (χ0) is 18.9. The van der Waals surface area contributed by atoms with Crippen molar-refractivity contribution in [3.8, 4) is 5.75 Å². The van der Waals surface area contributed by atoms with Gasteiger partial charge in [0.2, 0.25) is 0 Å². The topological polar surface area (TPSA) is 38.3 Å². The van der Waals surface area contributed by atoms with Crippen LogP contribution in [0.25, 0.3) is 0 Å². The van der Waals surface area contributed by atoms with Crippen molar-refractivity contribution in [2.75, 3.05) is 12.3 Å². The lowest BCUT2D eigenvalue weighted by atomic mass is 10.1. The fraction of sp³-hybridized carbons (Fsp3) is 0.350. The van der Waals surface area contributed by atoms with Crippen molar-refractivity contribution in [2.45, 2.75) is 32.1 Å². The van der Waals surface area contributed by atoms with E-state index in [9.17, 15) is 9.18 Å². The molecule has 1 atom stereocenters. The van der Waals surface area contributed by atoms with Crippen LogP contribution in [-0.2, 0) is 17.0 Å². The lowest BCUT2D eigenvalue weighted by Crippen LogP contribution is -2.37. The number of aryl methyl sites for hydroxylation is 1. The first-order chi connectivity index (χ1) is 12.5. The van der Waals surface area contributed by atoms with E-state index in [0.29, 0.717) is 28.6 Å². The molecule has 2 rings (SSSR count). The maximum absolute atomic E-state index is 13.7. The number of ether oxygens (including phenoxy) is 1. The van der Waals surface area contributed by atoms with Gasteiger partial charge in [-0.1, -0.05) is 42.8 Å². The Morgan fingerprint density at radius 2 is 2.04 bits per heavy atom. The molecule has 2 aromatic carbocycles. The number of halogens is 2. The number of hydrogen-bond acceptors (Lipinski definition) is 3. The molecule has 0 bridgehead atoms. The molecule has 0 heterocycles. The Morgan fingerprint density at radius 3 is 2.77 bits per heavy atom. The molecule has 0 unspecified atom stereocenters. The third-order valence-electron chi connectivity index (χ3n) is 3.88. The normalized spacial score (nSPS) is 11.8. The summed E-state index contributed by atoms with van der Waals surface area (Å²) in [5.41, 5.74) is 1.57. The highest BCUT2D eigenvalue weighted by Crippen LogP contribution is 2.23. The summed E-state index contributed by atoms with van der Waals surface area (Å²) in [5.74, 6) is 1.40. The molecule has 0 saturated carbocycles. The molecular weight excluding hydrogens is 373 g/mol. The van der Waals surface area contributed by atoms with Crippen molar-refractivity contribution in [2.24, 2.45) is 0 Å². The van der Waals surface area contributed by atoms with Gasteiger partial charge >= 0.3 is 0 Å². The minimum Gasteiger partial charge on any atom is -0.481 e. The van der Waals surface area contributed by atoms with E-state index >= 15 is 0 Å². The molecule has 1 N–H and O–H groups in total. The molecule has 1 amide bonds. The second kappa shape index (κ2) is 10.4. The molecular formula is C20H23ClFNO2S. The third kappa shape index (κ3) is 5.92. The summed E-state index contributed by atoms with van der Waals surface area (Å²) >= 11 is 7.51. The maximum Gasteiger partial charge on any atom is 0.260 e. The van der Waals surface area contributed by atoms with E-state index < -0.39 is 6.10 Å². The predicted octanol–water partition coefficient (Wildman–Crippen LogP) is 4.86. The molecule has 0 aromatic heterocycles. The van der Waals surface area contributed by atoms with E-state index in [1.807, 2.05) is 31.2 Å². The monoisotopic (exact) mass is 395 g/mol. The molecule has 0 aliphatic heterocycles. The van der Waals surface area contributed by atoms with Crippen LogP contribution < -0.4 is 10.1 Å². The van der Waals surface area contributed by atoms with Crippen molar-refractivity contribution in [1.82, 2.24) is 5.32 Å². The summed E-state index contributed by atoms with van der Waals surface area (Å²) in [5, 5.41) is 3.27. The summed E-state index contributed by atoms with van der Waals surface area (Å²) in [4.78, 5) is 12.2. The Hall–Kier alpha value is -1.72. The lowest BCUT2D eigenvalue weighted by molar-refractivity contribution is -0.127. The summed E-state index contributed by atoms with van der Waals surface area (Å²) in [6.07, 6.45) is 0.272. The average Bonchev–Trinajstić information content (AvgIpc) is 2.63. The van der Waals surface area contributed by atoms with Crippen molar-refractivity contribution < 1.29 is 13.9 Å². The second-order valence-corrected chi connectivity index (χ2v) is 7.28. The Balaban J connectivity index is 1.73. The van der Waals surface area contributed by atoms with Gasteiger partial charge in [-0.2, -0.15) is 11.8 Å². The van der Waals surface area contributed by atoms with Gasteiger partial charge in [-0.05, 0) is 37.1 Å². The van der Waals surface area contributed by atoms with Gasteiger partial charge in [-0.3, -0.25) is 4.79 Å². The van der Waals surface area contributed by atoms with E-state index in [0.717, 1.165) is 17.7 Å². The summed E-state index contributed by atoms with van der Waals surface area (Å²) in [7, 11) is 0. The van der Waals surface area contributed by atoms with E-state index in [2.05, 4.69) is 5.32 Å². The summed E-state index contributed by atoms with van der Waals surface area (Å²) < 4.78 is 19.4. The number of hydrogen-bond donors (Lipinski definition) is 1. The number of thioether (sulfide) groups is 1. The fourth-order valence-corrected chi connectivity index (χ4v) is 3.59. The van der Waals surface area contributed by atoms with Crippen LogP contribution in [-0.4, -0.2) is 24.3 Å². The molecule has 3 nitrogen and oxygen atoms in total. The minimum absolute atomic E-state index is 0.166. The second-order valence-electron chi connectivity index (χ2n) is 5.77. The van der Waals surface area contributed by atoms with Gasteiger partial charge in [0, 0.05) is 28.6 Å². The third-order valence-corrected chi connectivity index (χ3v) is 5.22. The number of carbonyl (C=O) groups is 1. The van der Waals surface area contributed by atoms with Crippen LogP contribution in [0.4, 0.5) is 4.39 Å². The van der Waals surface area contributed by atoms with Crippen LogP contribution in [0.1, 0.15) is 25.0 Å². The zero-order valence-corrected chi connectivity index (χ0v) is 16.5. The molecule has 0 saturated heterocycles. The highest BCUT2D eigenvalue weighted by atomic mass is 35.5. The van der Waals surface area contributed by atoms with Gasteiger partial charge in [0.15, 0.2) is 6.10 Å². The Kier molecular flexibility index (Phi) is 8.26. The van der Waals surface area contributed by atoms with Gasteiger partial charge in [-0.15, -0.1) is 0 Å². The smallest absolute Gasteiger partial charge is 0.260 e. The quantitative estimate of drug-likeness (QED) is 0.616. The number of amides is 1. The van der Waals surface area contributed by atoms with E-state index in [1.165, 1.54) is 17.8 Å². The Labute approximate surface area is 163 Å². The van der Waals surface area contributed by atoms with Crippen molar-refractivity contribution in [1.29, 1.82) is 0 Å². The van der Waals surface area contributed by atoms with Crippen molar-refractivity contribution in [3.63, 3.8) is 0 Å². The largest absolute Gasteiger partial charge is 0.481 e. The van der Waals surface area contributed by atoms with Crippen LogP contribution in [0.5, 0.6) is 5.75 Å². The molecule has 0 spiro atoms. The van der Waals surface area contributed by atoms with Crippen LogP contribution in [0.2, 0.25) is 5.02 Å². The average molecular weight is 396 g/mol. The maximum atomic E-state index is 13.7. The number of nitrogens with one attached hydrogen (secondary N) is 1. The number of carbonyl (C=O) groups excluding carboxylic acids is 1. The zero-order valence-electron chi connectivity index (χ0n) is 14.9. The van der Waals surface area contributed by atoms with Crippen LogP contribution in [0.15, 0.2) is 42.5 Å². The first-order valence-corrected chi connectivity index (χ1v) is 10.1. The van der Waals surface area contributed by atoms with E-state index in [1.54, 1.807) is 19.1 Å². The SMILES string of the molecule is CCc1ccccc1O[C@H](C)C(=O)NCCSCc1c(F)cccc1Cl. The van der Waals surface area contributed by atoms with Crippen LogP contribution in [0.3, 0.4) is 0 Å². The number of benzene rings is 2. The van der Waals surface area contributed by atoms with Gasteiger partial charge in [0.25, 0.3) is 5.91 Å². The first-order valence-electron chi connectivity index (χ1n) is 8.55. The lowest BCUT2D eigenvalue weighted by Gasteiger charge is -2.16. The highest BCUT2D eigenvalue weighted by molar-refractivity contribution is 7.98. The van der Waals surface area contributed by atoms with Crippen LogP contribution >= 0.6 is 23.4 Å². The summed E-state index contributed by atoms with van der Waals surface area (Å²) in [6.45, 7) is 4.26. The molecule has 6 heteroatoms. The molecule has 0 aliphatic carbocycles. The van der Waals surface area contributed by atoms with Gasteiger partial charge in [0.1, 0.15) is 11.6 Å². The van der Waals surface area contributed by atoms with E-state index in [-0.39, 0.29) is 11.7 Å². The molecule has 2 aromatic rings. The van der Waals surface area contributed by atoms with Crippen LogP contribution in [0, 0.1) is 5.82 Å². The first kappa shape index (κ1) is 20.6. The number of rotatable bonds is 9. The fourth-order valence-electron chi connectivity index (χ4n) is 2.39.